The number of methoxy groups -OCH3 is 2. The van der Waals surface area contributed by atoms with E-state index in [2.05, 4.69) is 10.6 Å². The van der Waals surface area contributed by atoms with Crippen molar-refractivity contribution in [1.29, 1.82) is 0 Å². The van der Waals surface area contributed by atoms with Crippen LogP contribution in [-0.2, 0) is 6.54 Å². The van der Waals surface area contributed by atoms with Crippen molar-refractivity contribution in [2.45, 2.75) is 6.54 Å². The summed E-state index contributed by atoms with van der Waals surface area (Å²) in [5.74, 6) is 0.896. The minimum absolute atomic E-state index is 0.200. The van der Waals surface area contributed by atoms with Crippen LogP contribution in [0.2, 0.25) is 0 Å². The van der Waals surface area contributed by atoms with Crippen LogP contribution in [0.15, 0.2) is 60.0 Å². The van der Waals surface area contributed by atoms with Crippen LogP contribution in [0.25, 0.3) is 0 Å². The summed E-state index contributed by atoms with van der Waals surface area (Å²) in [6, 6.07) is 15.8. The molecule has 3 rings (SSSR count). The van der Waals surface area contributed by atoms with Gasteiger partial charge in [-0.1, -0.05) is 12.1 Å². The SMILES string of the molecule is COc1ccc(OC)c(CNC(=O)c2cccc(NC(=O)c3cccs3)c2)c1. The van der Waals surface area contributed by atoms with E-state index < -0.39 is 0 Å². The average molecular weight is 396 g/mol. The summed E-state index contributed by atoms with van der Waals surface area (Å²) in [4.78, 5) is 25.3. The van der Waals surface area contributed by atoms with E-state index in [0.717, 1.165) is 5.56 Å². The highest BCUT2D eigenvalue weighted by Gasteiger charge is 2.11. The van der Waals surface area contributed by atoms with Crippen LogP contribution in [0.3, 0.4) is 0 Å². The molecule has 0 bridgehead atoms. The van der Waals surface area contributed by atoms with Crippen molar-refractivity contribution in [2.24, 2.45) is 0 Å². The Morgan fingerprint density at radius 3 is 2.54 bits per heavy atom. The summed E-state index contributed by atoms with van der Waals surface area (Å²) in [5, 5.41) is 7.50. The molecule has 0 saturated carbocycles. The molecule has 0 aliphatic carbocycles. The van der Waals surface area contributed by atoms with Gasteiger partial charge in [-0.15, -0.1) is 11.3 Å². The Hall–Kier alpha value is -3.32. The molecule has 0 fully saturated rings. The Morgan fingerprint density at radius 2 is 1.82 bits per heavy atom. The van der Waals surface area contributed by atoms with Gasteiger partial charge in [0.1, 0.15) is 11.5 Å². The first-order valence-electron chi connectivity index (χ1n) is 8.54. The van der Waals surface area contributed by atoms with Crippen molar-refractivity contribution in [3.05, 3.63) is 76.0 Å². The van der Waals surface area contributed by atoms with E-state index in [-0.39, 0.29) is 18.4 Å². The second-order valence-electron chi connectivity index (χ2n) is 5.87. The van der Waals surface area contributed by atoms with Gasteiger partial charge in [-0.3, -0.25) is 9.59 Å². The second-order valence-corrected chi connectivity index (χ2v) is 6.82. The molecule has 1 aromatic heterocycles. The molecule has 2 amide bonds. The molecule has 3 aromatic rings. The molecule has 0 saturated heterocycles. The first-order valence-corrected chi connectivity index (χ1v) is 9.42. The summed E-state index contributed by atoms with van der Waals surface area (Å²) in [5.41, 5.74) is 1.81. The molecule has 0 radical (unpaired) electrons. The minimum atomic E-state index is -0.253. The Balaban J connectivity index is 1.67. The lowest BCUT2D eigenvalue weighted by Gasteiger charge is -2.12. The van der Waals surface area contributed by atoms with Crippen molar-refractivity contribution in [2.75, 3.05) is 19.5 Å². The number of thiophene rings is 1. The Morgan fingerprint density at radius 1 is 0.964 bits per heavy atom. The molecule has 6 nitrogen and oxygen atoms in total. The maximum atomic E-state index is 12.5. The normalized spacial score (nSPS) is 10.2. The van der Waals surface area contributed by atoms with E-state index in [1.807, 2.05) is 17.5 Å². The Kier molecular flexibility index (Phi) is 6.29. The number of carbonyl (C=O) groups is 2. The van der Waals surface area contributed by atoms with Crippen molar-refractivity contribution >= 4 is 28.8 Å². The molecule has 2 aromatic carbocycles. The van der Waals surface area contributed by atoms with Gasteiger partial charge in [-0.05, 0) is 47.8 Å². The van der Waals surface area contributed by atoms with Crippen LogP contribution in [0.1, 0.15) is 25.6 Å². The number of hydrogen-bond donors (Lipinski definition) is 2. The van der Waals surface area contributed by atoms with Crippen molar-refractivity contribution in [1.82, 2.24) is 5.32 Å². The third-order valence-corrected chi connectivity index (χ3v) is 4.92. The van der Waals surface area contributed by atoms with E-state index >= 15 is 0 Å². The lowest BCUT2D eigenvalue weighted by Crippen LogP contribution is -2.23. The highest BCUT2D eigenvalue weighted by atomic mass is 32.1. The van der Waals surface area contributed by atoms with Gasteiger partial charge in [0.2, 0.25) is 0 Å². The van der Waals surface area contributed by atoms with Gasteiger partial charge in [0.15, 0.2) is 0 Å². The molecule has 144 valence electrons. The van der Waals surface area contributed by atoms with Gasteiger partial charge in [0.25, 0.3) is 11.8 Å². The summed E-state index contributed by atoms with van der Waals surface area (Å²) >= 11 is 1.36. The summed E-state index contributed by atoms with van der Waals surface area (Å²) in [6.45, 7) is 0.283. The van der Waals surface area contributed by atoms with E-state index in [0.29, 0.717) is 27.6 Å². The van der Waals surface area contributed by atoms with Crippen molar-refractivity contribution in [3.8, 4) is 11.5 Å². The van der Waals surface area contributed by atoms with Gasteiger partial charge in [-0.25, -0.2) is 0 Å². The molecule has 0 atom stereocenters. The first kappa shape index (κ1) is 19.4. The third-order valence-electron chi connectivity index (χ3n) is 4.05. The lowest BCUT2D eigenvalue weighted by molar-refractivity contribution is 0.0949. The van der Waals surface area contributed by atoms with Crippen LogP contribution in [0, 0.1) is 0 Å². The zero-order valence-corrected chi connectivity index (χ0v) is 16.3. The molecular weight excluding hydrogens is 376 g/mol. The summed E-state index contributed by atoms with van der Waals surface area (Å²) < 4.78 is 10.5. The molecule has 0 unspecified atom stereocenters. The topological polar surface area (TPSA) is 76.7 Å². The fraction of sp³-hybridized carbons (Fsp3) is 0.143. The number of hydrogen-bond acceptors (Lipinski definition) is 5. The standard InChI is InChI=1S/C21H20N2O4S/c1-26-17-8-9-18(27-2)15(12-17)13-22-20(24)14-5-3-6-16(11-14)23-21(25)19-7-4-10-28-19/h3-12H,13H2,1-2H3,(H,22,24)(H,23,25). The maximum Gasteiger partial charge on any atom is 0.265 e. The number of benzene rings is 2. The number of carbonyl (C=O) groups excluding carboxylic acids is 2. The molecule has 1 heterocycles. The molecule has 0 aliphatic heterocycles. The van der Waals surface area contributed by atoms with E-state index in [4.69, 9.17) is 9.47 Å². The van der Waals surface area contributed by atoms with Crippen LogP contribution < -0.4 is 20.1 Å². The Bertz CT molecular complexity index is 970. The largest absolute Gasteiger partial charge is 0.497 e. The molecule has 28 heavy (non-hydrogen) atoms. The fourth-order valence-corrected chi connectivity index (χ4v) is 3.26. The third kappa shape index (κ3) is 4.69. The van der Waals surface area contributed by atoms with Crippen molar-refractivity contribution < 1.29 is 19.1 Å². The zero-order valence-electron chi connectivity index (χ0n) is 15.5. The van der Waals surface area contributed by atoms with Gasteiger partial charge < -0.3 is 20.1 Å². The van der Waals surface area contributed by atoms with Crippen LogP contribution in [-0.4, -0.2) is 26.0 Å². The molecule has 0 spiro atoms. The van der Waals surface area contributed by atoms with Gasteiger partial charge >= 0.3 is 0 Å². The average Bonchev–Trinajstić information content (AvgIpc) is 3.27. The number of ether oxygens (including phenoxy) is 2. The highest BCUT2D eigenvalue weighted by molar-refractivity contribution is 7.12. The van der Waals surface area contributed by atoms with Crippen LogP contribution in [0.5, 0.6) is 11.5 Å². The summed E-state index contributed by atoms with van der Waals surface area (Å²) in [7, 11) is 3.16. The van der Waals surface area contributed by atoms with E-state index in [1.54, 1.807) is 56.7 Å². The maximum absolute atomic E-state index is 12.5. The monoisotopic (exact) mass is 396 g/mol. The molecule has 7 heteroatoms. The number of nitrogens with one attached hydrogen (secondary N) is 2. The van der Waals surface area contributed by atoms with Gasteiger partial charge in [0, 0.05) is 23.4 Å². The van der Waals surface area contributed by atoms with E-state index in [1.165, 1.54) is 11.3 Å². The van der Waals surface area contributed by atoms with Crippen LogP contribution >= 0.6 is 11.3 Å². The number of amides is 2. The quantitative estimate of drug-likeness (QED) is 0.634. The zero-order chi connectivity index (χ0) is 19.9. The molecular formula is C21H20N2O4S. The minimum Gasteiger partial charge on any atom is -0.497 e. The highest BCUT2D eigenvalue weighted by Crippen LogP contribution is 2.24. The fourth-order valence-electron chi connectivity index (χ4n) is 2.64. The Labute approximate surface area is 167 Å². The number of anilines is 1. The van der Waals surface area contributed by atoms with Crippen molar-refractivity contribution in [3.63, 3.8) is 0 Å². The second kappa shape index (κ2) is 9.05. The predicted molar refractivity (Wildman–Crippen MR) is 109 cm³/mol. The van der Waals surface area contributed by atoms with Gasteiger partial charge in [0.05, 0.1) is 19.1 Å². The lowest BCUT2D eigenvalue weighted by atomic mass is 10.1. The first-order chi connectivity index (χ1) is 13.6. The predicted octanol–water partition coefficient (Wildman–Crippen LogP) is 3.95. The summed E-state index contributed by atoms with van der Waals surface area (Å²) in [6.07, 6.45) is 0. The van der Waals surface area contributed by atoms with Crippen LogP contribution in [0.4, 0.5) is 5.69 Å². The van der Waals surface area contributed by atoms with Gasteiger partial charge in [-0.2, -0.15) is 0 Å². The molecule has 0 aliphatic rings. The smallest absolute Gasteiger partial charge is 0.265 e. The molecule has 2 N–H and O–H groups in total. The number of rotatable bonds is 7. The van der Waals surface area contributed by atoms with E-state index in [9.17, 15) is 9.59 Å².